The zero-order valence-corrected chi connectivity index (χ0v) is 11.1. The number of aromatic nitrogens is 2. The lowest BCUT2D eigenvalue weighted by molar-refractivity contribution is 0.628. The molecule has 0 unspecified atom stereocenters. The summed E-state index contributed by atoms with van der Waals surface area (Å²) in [5, 5.41) is 0.417. The van der Waals surface area contributed by atoms with Crippen LogP contribution in [0.15, 0.2) is 30.3 Å². The summed E-state index contributed by atoms with van der Waals surface area (Å²) in [5.41, 5.74) is 1.67. The van der Waals surface area contributed by atoms with Gasteiger partial charge in [-0.2, -0.15) is 0 Å². The predicted molar refractivity (Wildman–Crippen MR) is 71.0 cm³/mol. The smallest absolute Gasteiger partial charge is 0.161 e. The molecule has 0 saturated carbocycles. The van der Waals surface area contributed by atoms with Crippen LogP contribution in [0.4, 0.5) is 4.39 Å². The van der Waals surface area contributed by atoms with E-state index < -0.39 is 0 Å². The van der Waals surface area contributed by atoms with Gasteiger partial charge in [-0.1, -0.05) is 25.4 Å². The van der Waals surface area contributed by atoms with Crippen LogP contribution in [-0.4, -0.2) is 9.97 Å². The van der Waals surface area contributed by atoms with Crippen LogP contribution in [0.25, 0.3) is 11.4 Å². The fourth-order valence-electron chi connectivity index (χ4n) is 1.72. The summed E-state index contributed by atoms with van der Waals surface area (Å²) in [5.74, 6) is 0.762. The average Bonchev–Trinajstić information content (AvgIpc) is 2.28. The van der Waals surface area contributed by atoms with Crippen LogP contribution in [0.3, 0.4) is 0 Å². The second kappa shape index (κ2) is 5.44. The molecule has 0 amide bonds. The van der Waals surface area contributed by atoms with Gasteiger partial charge in [0.2, 0.25) is 0 Å². The van der Waals surface area contributed by atoms with E-state index in [9.17, 15) is 4.39 Å². The van der Waals surface area contributed by atoms with Crippen molar-refractivity contribution >= 4 is 11.6 Å². The molecule has 0 N–H and O–H groups in total. The summed E-state index contributed by atoms with van der Waals surface area (Å²) < 4.78 is 12.9. The average molecular weight is 265 g/mol. The molecule has 0 spiro atoms. The van der Waals surface area contributed by atoms with Gasteiger partial charge in [0.1, 0.15) is 11.0 Å². The third kappa shape index (κ3) is 3.26. The Morgan fingerprint density at radius 1 is 1.17 bits per heavy atom. The van der Waals surface area contributed by atoms with Crippen molar-refractivity contribution in [1.82, 2.24) is 9.97 Å². The molecule has 2 nitrogen and oxygen atoms in total. The van der Waals surface area contributed by atoms with Crippen LogP contribution in [0.2, 0.25) is 5.15 Å². The van der Waals surface area contributed by atoms with Gasteiger partial charge in [-0.3, -0.25) is 0 Å². The standard InChI is InChI=1S/C14H14ClFN2/c1-9(2)7-12-8-13(15)18-14(17-12)10-3-5-11(16)6-4-10/h3-6,8-9H,7H2,1-2H3. The van der Waals surface area contributed by atoms with Crippen LogP contribution in [0.1, 0.15) is 19.5 Å². The van der Waals surface area contributed by atoms with E-state index in [4.69, 9.17) is 11.6 Å². The number of halogens is 2. The zero-order valence-electron chi connectivity index (χ0n) is 10.3. The van der Waals surface area contributed by atoms with Gasteiger partial charge in [0.05, 0.1) is 0 Å². The first-order valence-corrected chi connectivity index (χ1v) is 6.22. The molecule has 0 radical (unpaired) electrons. The Bertz CT molecular complexity index is 538. The van der Waals surface area contributed by atoms with E-state index in [-0.39, 0.29) is 5.82 Å². The first-order valence-electron chi connectivity index (χ1n) is 5.84. The molecule has 1 heterocycles. The van der Waals surface area contributed by atoms with Crippen molar-refractivity contribution in [2.75, 3.05) is 0 Å². The lowest BCUT2D eigenvalue weighted by Crippen LogP contribution is -2.00. The zero-order chi connectivity index (χ0) is 13.1. The number of nitrogens with zero attached hydrogens (tertiary/aromatic N) is 2. The molecule has 1 aromatic carbocycles. The molecule has 0 aliphatic carbocycles. The first-order chi connectivity index (χ1) is 8.54. The van der Waals surface area contributed by atoms with Crippen LogP contribution in [-0.2, 0) is 6.42 Å². The highest BCUT2D eigenvalue weighted by atomic mass is 35.5. The van der Waals surface area contributed by atoms with Gasteiger partial charge in [-0.25, -0.2) is 14.4 Å². The Morgan fingerprint density at radius 2 is 1.83 bits per heavy atom. The molecule has 0 fully saturated rings. The first kappa shape index (κ1) is 13.0. The van der Waals surface area contributed by atoms with E-state index in [0.717, 1.165) is 17.7 Å². The quantitative estimate of drug-likeness (QED) is 0.779. The predicted octanol–water partition coefficient (Wildman–Crippen LogP) is 4.13. The van der Waals surface area contributed by atoms with Gasteiger partial charge in [-0.15, -0.1) is 0 Å². The lowest BCUT2D eigenvalue weighted by Gasteiger charge is -2.07. The molecule has 2 aromatic rings. The number of hydrogen-bond donors (Lipinski definition) is 0. The lowest BCUT2D eigenvalue weighted by atomic mass is 10.1. The summed E-state index contributed by atoms with van der Waals surface area (Å²) in [6.45, 7) is 4.24. The van der Waals surface area contributed by atoms with Crippen molar-refractivity contribution in [2.24, 2.45) is 5.92 Å². The SMILES string of the molecule is CC(C)Cc1cc(Cl)nc(-c2ccc(F)cc2)n1. The van der Waals surface area contributed by atoms with Gasteiger partial charge in [-0.05, 0) is 42.7 Å². The summed E-state index contributed by atoms with van der Waals surface area (Å²) in [6.07, 6.45) is 0.844. The fraction of sp³-hybridized carbons (Fsp3) is 0.286. The van der Waals surface area contributed by atoms with Crippen molar-refractivity contribution in [3.8, 4) is 11.4 Å². The Balaban J connectivity index is 2.38. The van der Waals surface area contributed by atoms with Crippen LogP contribution in [0.5, 0.6) is 0 Å². The fourth-order valence-corrected chi connectivity index (χ4v) is 1.92. The number of rotatable bonds is 3. The van der Waals surface area contributed by atoms with Gasteiger partial charge >= 0.3 is 0 Å². The third-order valence-corrected chi connectivity index (χ3v) is 2.66. The molecule has 94 valence electrons. The molecule has 18 heavy (non-hydrogen) atoms. The highest BCUT2D eigenvalue weighted by molar-refractivity contribution is 6.29. The Labute approximate surface area is 111 Å². The van der Waals surface area contributed by atoms with Gasteiger partial charge in [0, 0.05) is 11.3 Å². The molecule has 0 atom stereocenters. The minimum atomic E-state index is -0.275. The summed E-state index contributed by atoms with van der Waals surface area (Å²) in [4.78, 5) is 8.63. The Morgan fingerprint density at radius 3 is 2.44 bits per heavy atom. The van der Waals surface area contributed by atoms with Crippen molar-refractivity contribution < 1.29 is 4.39 Å². The van der Waals surface area contributed by atoms with Crippen LogP contribution < -0.4 is 0 Å². The van der Waals surface area contributed by atoms with E-state index in [1.165, 1.54) is 12.1 Å². The molecular formula is C14H14ClFN2. The van der Waals surface area contributed by atoms with E-state index >= 15 is 0 Å². The summed E-state index contributed by atoms with van der Waals surface area (Å²) >= 11 is 5.99. The molecule has 0 bridgehead atoms. The molecule has 1 aromatic heterocycles. The van der Waals surface area contributed by atoms with Crippen LogP contribution >= 0.6 is 11.6 Å². The number of benzene rings is 1. The maximum Gasteiger partial charge on any atom is 0.161 e. The monoisotopic (exact) mass is 264 g/mol. The molecular weight excluding hydrogens is 251 g/mol. The Kier molecular flexibility index (Phi) is 3.92. The van der Waals surface area contributed by atoms with Crippen molar-refractivity contribution in [1.29, 1.82) is 0 Å². The van der Waals surface area contributed by atoms with Crippen molar-refractivity contribution in [3.05, 3.63) is 47.0 Å². The summed E-state index contributed by atoms with van der Waals surface area (Å²) in [7, 11) is 0. The van der Waals surface area contributed by atoms with Gasteiger partial charge in [0.15, 0.2) is 5.82 Å². The van der Waals surface area contributed by atoms with Crippen LogP contribution in [0, 0.1) is 11.7 Å². The largest absolute Gasteiger partial charge is 0.233 e. The molecule has 0 aliphatic heterocycles. The highest BCUT2D eigenvalue weighted by Crippen LogP contribution is 2.19. The molecule has 0 saturated heterocycles. The van der Waals surface area contributed by atoms with E-state index in [0.29, 0.717) is 16.9 Å². The molecule has 4 heteroatoms. The van der Waals surface area contributed by atoms with E-state index in [2.05, 4.69) is 23.8 Å². The summed E-state index contributed by atoms with van der Waals surface area (Å²) in [6, 6.07) is 7.86. The maximum atomic E-state index is 12.9. The van der Waals surface area contributed by atoms with E-state index in [1.807, 2.05) is 0 Å². The normalized spacial score (nSPS) is 10.9. The highest BCUT2D eigenvalue weighted by Gasteiger charge is 2.07. The second-order valence-electron chi connectivity index (χ2n) is 4.61. The minimum Gasteiger partial charge on any atom is -0.233 e. The number of hydrogen-bond acceptors (Lipinski definition) is 2. The second-order valence-corrected chi connectivity index (χ2v) is 5.00. The maximum absolute atomic E-state index is 12.9. The topological polar surface area (TPSA) is 25.8 Å². The minimum absolute atomic E-state index is 0.275. The Hall–Kier alpha value is -1.48. The third-order valence-electron chi connectivity index (χ3n) is 2.47. The van der Waals surface area contributed by atoms with Gasteiger partial charge in [0.25, 0.3) is 0 Å². The van der Waals surface area contributed by atoms with Crippen molar-refractivity contribution in [2.45, 2.75) is 20.3 Å². The van der Waals surface area contributed by atoms with Crippen molar-refractivity contribution in [3.63, 3.8) is 0 Å². The van der Waals surface area contributed by atoms with E-state index in [1.54, 1.807) is 18.2 Å². The molecule has 0 aliphatic rings. The van der Waals surface area contributed by atoms with Gasteiger partial charge < -0.3 is 0 Å². The molecule has 2 rings (SSSR count).